The van der Waals surface area contributed by atoms with Gasteiger partial charge in [-0.3, -0.25) is 10.1 Å². The molecule has 0 saturated heterocycles. The quantitative estimate of drug-likeness (QED) is 0.496. The second-order valence-electron chi connectivity index (χ2n) is 2.92. The lowest BCUT2D eigenvalue weighted by atomic mass is 10.3. The van der Waals surface area contributed by atoms with E-state index in [9.17, 15) is 14.9 Å². The Bertz CT molecular complexity index is 472. The molecule has 90 valence electrons. The molecule has 1 aromatic carbocycles. The summed E-state index contributed by atoms with van der Waals surface area (Å²) >= 11 is 5.75. The van der Waals surface area contributed by atoms with Gasteiger partial charge in [-0.1, -0.05) is 11.6 Å². The van der Waals surface area contributed by atoms with E-state index >= 15 is 0 Å². The normalized spacial score (nSPS) is 10.4. The van der Waals surface area contributed by atoms with E-state index < -0.39 is 10.9 Å². The molecule has 0 saturated carbocycles. The first-order chi connectivity index (χ1) is 8.00. The SMILES string of the molecule is O=C(O)C=CCOc1cc([N+](=O)[O-])ccc1Cl. The van der Waals surface area contributed by atoms with Gasteiger partial charge in [-0.2, -0.15) is 0 Å². The van der Waals surface area contributed by atoms with E-state index in [0.29, 0.717) is 0 Å². The minimum absolute atomic E-state index is 0.0345. The van der Waals surface area contributed by atoms with Crippen LogP contribution in [0.4, 0.5) is 5.69 Å². The van der Waals surface area contributed by atoms with Crippen LogP contribution in [0.5, 0.6) is 5.75 Å². The number of halogens is 1. The molecule has 1 aromatic rings. The Labute approximate surface area is 101 Å². The number of carbonyl (C=O) groups is 1. The minimum Gasteiger partial charge on any atom is -0.488 e. The average molecular weight is 258 g/mol. The van der Waals surface area contributed by atoms with E-state index in [4.69, 9.17) is 21.4 Å². The fourth-order valence-electron chi connectivity index (χ4n) is 1.00. The van der Waals surface area contributed by atoms with Crippen molar-refractivity contribution in [2.24, 2.45) is 0 Å². The zero-order valence-electron chi connectivity index (χ0n) is 8.50. The van der Waals surface area contributed by atoms with Crippen LogP contribution in [0, 0.1) is 10.1 Å². The first kappa shape index (κ1) is 13.0. The maximum atomic E-state index is 10.5. The molecule has 0 spiro atoms. The van der Waals surface area contributed by atoms with E-state index in [1.54, 1.807) is 0 Å². The molecular weight excluding hydrogens is 250 g/mol. The van der Waals surface area contributed by atoms with Gasteiger partial charge in [0, 0.05) is 12.1 Å². The molecule has 0 aliphatic heterocycles. The van der Waals surface area contributed by atoms with Gasteiger partial charge in [-0.15, -0.1) is 0 Å². The Morgan fingerprint density at radius 1 is 1.59 bits per heavy atom. The van der Waals surface area contributed by atoms with E-state index in [2.05, 4.69) is 0 Å². The number of nitrogens with zero attached hydrogens (tertiary/aromatic N) is 1. The van der Waals surface area contributed by atoms with Gasteiger partial charge in [0.1, 0.15) is 12.4 Å². The summed E-state index contributed by atoms with van der Waals surface area (Å²) in [5.74, 6) is -0.963. The maximum Gasteiger partial charge on any atom is 0.328 e. The van der Waals surface area contributed by atoms with Crippen molar-refractivity contribution in [1.82, 2.24) is 0 Å². The van der Waals surface area contributed by atoms with Crippen LogP contribution in [-0.4, -0.2) is 22.6 Å². The highest BCUT2D eigenvalue weighted by Gasteiger charge is 2.10. The minimum atomic E-state index is -1.10. The Morgan fingerprint density at radius 2 is 2.29 bits per heavy atom. The Kier molecular flexibility index (Phi) is 4.47. The predicted molar refractivity (Wildman–Crippen MR) is 60.4 cm³/mol. The van der Waals surface area contributed by atoms with Crippen LogP contribution >= 0.6 is 11.6 Å². The van der Waals surface area contributed by atoms with Gasteiger partial charge < -0.3 is 9.84 Å². The molecular formula is C10H8ClNO5. The summed E-state index contributed by atoms with van der Waals surface area (Å²) in [5.41, 5.74) is -0.147. The smallest absolute Gasteiger partial charge is 0.328 e. The molecule has 0 aliphatic carbocycles. The number of benzene rings is 1. The monoisotopic (exact) mass is 257 g/mol. The second kappa shape index (κ2) is 5.86. The summed E-state index contributed by atoms with van der Waals surface area (Å²) in [5, 5.41) is 19.0. The molecule has 6 nitrogen and oxygen atoms in total. The Morgan fingerprint density at radius 3 is 2.88 bits per heavy atom. The molecule has 0 unspecified atom stereocenters. The van der Waals surface area contributed by atoms with Crippen LogP contribution in [0.1, 0.15) is 0 Å². The first-order valence-corrected chi connectivity index (χ1v) is 4.84. The van der Waals surface area contributed by atoms with E-state index in [1.165, 1.54) is 24.3 Å². The van der Waals surface area contributed by atoms with Crippen molar-refractivity contribution in [1.29, 1.82) is 0 Å². The molecule has 0 heterocycles. The molecule has 1 rings (SSSR count). The van der Waals surface area contributed by atoms with Crippen molar-refractivity contribution in [2.75, 3.05) is 6.61 Å². The fraction of sp³-hybridized carbons (Fsp3) is 0.100. The van der Waals surface area contributed by atoms with Crippen LogP contribution in [-0.2, 0) is 4.79 Å². The Balaban J connectivity index is 2.73. The highest BCUT2D eigenvalue weighted by atomic mass is 35.5. The highest BCUT2D eigenvalue weighted by molar-refractivity contribution is 6.32. The van der Waals surface area contributed by atoms with E-state index in [1.807, 2.05) is 0 Å². The van der Waals surface area contributed by atoms with Crippen molar-refractivity contribution in [3.05, 3.63) is 45.5 Å². The molecule has 0 atom stereocenters. The van der Waals surface area contributed by atoms with E-state index in [-0.39, 0.29) is 23.1 Å². The number of nitro benzene ring substituents is 1. The van der Waals surface area contributed by atoms with Gasteiger partial charge in [-0.25, -0.2) is 4.79 Å². The summed E-state index contributed by atoms with van der Waals surface area (Å²) < 4.78 is 5.09. The number of carboxylic acid groups (broad SMARTS) is 1. The van der Waals surface area contributed by atoms with Gasteiger partial charge in [0.05, 0.1) is 16.0 Å². The molecule has 7 heteroatoms. The summed E-state index contributed by atoms with van der Waals surface area (Å²) in [6.07, 6.45) is 2.17. The average Bonchev–Trinajstić information content (AvgIpc) is 2.25. The number of hydrogen-bond donors (Lipinski definition) is 1. The highest BCUT2D eigenvalue weighted by Crippen LogP contribution is 2.28. The number of hydrogen-bond acceptors (Lipinski definition) is 4. The third-order valence-electron chi connectivity index (χ3n) is 1.72. The number of carboxylic acids is 1. The number of rotatable bonds is 5. The largest absolute Gasteiger partial charge is 0.488 e. The zero-order chi connectivity index (χ0) is 12.8. The molecule has 0 radical (unpaired) electrons. The topological polar surface area (TPSA) is 89.7 Å². The second-order valence-corrected chi connectivity index (χ2v) is 3.33. The van der Waals surface area contributed by atoms with Crippen LogP contribution < -0.4 is 4.74 Å². The van der Waals surface area contributed by atoms with Gasteiger partial charge in [0.2, 0.25) is 0 Å². The molecule has 0 bridgehead atoms. The fourth-order valence-corrected chi connectivity index (χ4v) is 1.18. The van der Waals surface area contributed by atoms with Crippen molar-refractivity contribution in [3.63, 3.8) is 0 Å². The van der Waals surface area contributed by atoms with E-state index in [0.717, 1.165) is 6.08 Å². The number of non-ortho nitro benzene ring substituents is 1. The molecule has 17 heavy (non-hydrogen) atoms. The lowest BCUT2D eigenvalue weighted by Crippen LogP contribution is -1.97. The van der Waals surface area contributed by atoms with Crippen molar-refractivity contribution in [2.45, 2.75) is 0 Å². The predicted octanol–water partition coefficient (Wildman–Crippen LogP) is 2.27. The Hall–Kier alpha value is -2.08. The lowest BCUT2D eigenvalue weighted by Gasteiger charge is -2.04. The third-order valence-corrected chi connectivity index (χ3v) is 2.03. The summed E-state index contributed by atoms with van der Waals surface area (Å²) in [4.78, 5) is 20.1. The number of nitro groups is 1. The third kappa shape index (κ3) is 4.12. The van der Waals surface area contributed by atoms with Gasteiger partial charge in [-0.05, 0) is 12.1 Å². The number of ether oxygens (including phenoxy) is 1. The van der Waals surface area contributed by atoms with Crippen molar-refractivity contribution >= 4 is 23.3 Å². The van der Waals surface area contributed by atoms with Crippen LogP contribution in [0.25, 0.3) is 0 Å². The molecule has 0 aromatic heterocycles. The van der Waals surface area contributed by atoms with Gasteiger partial charge in [0.15, 0.2) is 0 Å². The van der Waals surface area contributed by atoms with Gasteiger partial charge >= 0.3 is 5.97 Å². The first-order valence-electron chi connectivity index (χ1n) is 4.47. The standard InChI is InChI=1S/C10H8ClNO5/c11-8-4-3-7(12(15)16)6-9(8)17-5-1-2-10(13)14/h1-4,6H,5H2,(H,13,14). The van der Waals surface area contributed by atoms with Crippen LogP contribution in [0.2, 0.25) is 5.02 Å². The van der Waals surface area contributed by atoms with Gasteiger partial charge in [0.25, 0.3) is 5.69 Å². The summed E-state index contributed by atoms with van der Waals surface area (Å²) in [6, 6.07) is 3.77. The van der Waals surface area contributed by atoms with Crippen molar-refractivity contribution < 1.29 is 19.6 Å². The van der Waals surface area contributed by atoms with Crippen molar-refractivity contribution in [3.8, 4) is 5.75 Å². The molecule has 1 N–H and O–H groups in total. The molecule has 0 fully saturated rings. The summed E-state index contributed by atoms with van der Waals surface area (Å²) in [6.45, 7) is -0.0345. The summed E-state index contributed by atoms with van der Waals surface area (Å²) in [7, 11) is 0. The maximum absolute atomic E-state index is 10.5. The molecule has 0 aliphatic rings. The lowest BCUT2D eigenvalue weighted by molar-refractivity contribution is -0.384. The molecule has 0 amide bonds. The number of aliphatic carboxylic acids is 1. The van der Waals surface area contributed by atoms with Crippen LogP contribution in [0.3, 0.4) is 0 Å². The van der Waals surface area contributed by atoms with Crippen LogP contribution in [0.15, 0.2) is 30.4 Å². The zero-order valence-corrected chi connectivity index (χ0v) is 9.26.